The standard InChI is InChI=1S/2C25H32N8.C23H28N8.C22H26N8/c2*1-15(2)30-18(6)32(24-22(30)26-11-13-28-24)20-9-8-10-21(17(20)5)33-19(7)31(16(3)4)23-25(33)29-14-12-27-23;1-6-28-16(4)30(22-20(28)24-11-13-26-22)18-9-8-10-19(15(18)3)31-17(5)29(7-2)21-23(31)27-14-12-25-21;1-13-11-17(29-15(3)27(5)19-21(29)25-9-7-23-19)14(2)18(12-13)30-16(4)28(6)20-22(30)26-10-8-24-20/h2*8-16,18-19H,1-7H3;8-14,16-17H,6-7H2,1-5H3;7-12,15-16H,1-6H3/t2*18-,19+;16-,17+;15-,16+/i1D3,2D3,3D3,15D,16D;;1D3,6D2,7D2;/t16?,18-,19+;;m;/m1.1./s1. The molecule has 0 aliphatic carbocycles. The van der Waals surface area contributed by atoms with E-state index < -0.39 is 77.1 Å². The normalized spacial score (nSPS) is 23.0. The van der Waals surface area contributed by atoms with Gasteiger partial charge in [-0.2, -0.15) is 0 Å². The molecule has 8 aliphatic rings. The lowest BCUT2D eigenvalue weighted by Crippen LogP contribution is -2.43. The number of nitrogens with zero attached hydrogens (tertiary/aromatic N) is 32. The van der Waals surface area contributed by atoms with E-state index in [4.69, 9.17) is 34.6 Å². The van der Waals surface area contributed by atoms with Crippen LogP contribution in [0.4, 0.5) is 139 Å². The fraction of sp³-hybridized carbons (Fsp3) is 0.411. The molecule has 0 saturated heterocycles. The lowest BCUT2D eigenvalue weighted by molar-refractivity contribution is 0.598. The minimum atomic E-state index is -3.25. The molecule has 32 heteroatoms. The van der Waals surface area contributed by atoms with Crippen molar-refractivity contribution in [2.45, 2.75) is 232 Å². The van der Waals surface area contributed by atoms with Gasteiger partial charge in [0.25, 0.3) is 0 Å². The molecule has 0 fully saturated rings. The van der Waals surface area contributed by atoms with Crippen LogP contribution in [0.2, 0.25) is 0 Å². The third-order valence-electron chi connectivity index (χ3n) is 25.1. The Morgan fingerprint density at radius 3 is 0.787 bits per heavy atom. The van der Waals surface area contributed by atoms with Gasteiger partial charge in [0, 0.05) is 218 Å². The first kappa shape index (κ1) is 65.9. The second-order valence-electron chi connectivity index (χ2n) is 32.8. The fourth-order valence-corrected chi connectivity index (χ4v) is 19.1. The summed E-state index contributed by atoms with van der Waals surface area (Å²) in [6.45, 7) is 20.9. The lowest BCUT2D eigenvalue weighted by atomic mass is 10.1. The van der Waals surface area contributed by atoms with Crippen molar-refractivity contribution >= 4 is 139 Å². The van der Waals surface area contributed by atoms with Gasteiger partial charge in [-0.15, -0.1) is 0 Å². The maximum absolute atomic E-state index is 8.92. The van der Waals surface area contributed by atoms with Gasteiger partial charge in [0.05, 0.1) is 2.74 Å². The smallest absolute Gasteiger partial charge is 0.178 e. The number of fused-ring (bicyclic) bond motifs is 8. The topological polar surface area (TPSA) is 258 Å². The Hall–Kier alpha value is -13.7. The van der Waals surface area contributed by atoms with Gasteiger partial charge in [-0.3, -0.25) is 0 Å². The van der Waals surface area contributed by atoms with E-state index in [0.717, 1.165) is 90.3 Å². The molecule has 1 unspecified atom stereocenters. The first-order valence-corrected chi connectivity index (χ1v) is 42.5. The fourth-order valence-electron chi connectivity index (χ4n) is 19.1. The van der Waals surface area contributed by atoms with Gasteiger partial charge in [0.1, 0.15) is 49.3 Å². The minimum Gasteiger partial charge on any atom is -0.336 e. The van der Waals surface area contributed by atoms with E-state index in [2.05, 4.69) is 230 Å². The van der Waals surface area contributed by atoms with E-state index >= 15 is 0 Å². The van der Waals surface area contributed by atoms with Crippen LogP contribution in [0.25, 0.3) is 0 Å². The maximum atomic E-state index is 8.92. The summed E-state index contributed by atoms with van der Waals surface area (Å²) in [5.41, 5.74) is 12.0. The number of aromatic nitrogens is 16. The summed E-state index contributed by atoms with van der Waals surface area (Å²) in [4.78, 5) is 103. The van der Waals surface area contributed by atoms with Crippen LogP contribution < -0.4 is 78.4 Å². The molecule has 658 valence electrons. The largest absolute Gasteiger partial charge is 0.336 e. The van der Waals surface area contributed by atoms with Crippen LogP contribution in [0.5, 0.6) is 0 Å². The number of benzene rings is 4. The summed E-state index contributed by atoms with van der Waals surface area (Å²) < 4.78 is 148. The highest BCUT2D eigenvalue weighted by Gasteiger charge is 2.47. The number of anilines is 24. The summed E-state index contributed by atoms with van der Waals surface area (Å²) >= 11 is 0. The average Bonchev–Trinajstić information content (AvgIpc) is 1.51. The summed E-state index contributed by atoms with van der Waals surface area (Å²) in [6.07, 6.45) is 23.2. The van der Waals surface area contributed by atoms with E-state index in [1.165, 1.54) is 78.8 Å². The summed E-state index contributed by atoms with van der Waals surface area (Å²) in [5, 5.41) is 0. The molecule has 32 nitrogen and oxygen atoms in total. The highest BCUT2D eigenvalue weighted by molar-refractivity contribution is 5.91. The number of rotatable bonds is 14. The zero-order valence-corrected chi connectivity index (χ0v) is 75.2. The number of hydrogen-bond donors (Lipinski definition) is 0. The molecule has 9 atom stereocenters. The van der Waals surface area contributed by atoms with Crippen LogP contribution >= 0.6 is 0 Å². The molecule has 0 spiro atoms. The van der Waals surface area contributed by atoms with Crippen LogP contribution in [0.1, 0.15) is 177 Å². The predicted molar refractivity (Wildman–Crippen MR) is 512 cm³/mol. The van der Waals surface area contributed by atoms with Gasteiger partial charge in [0.15, 0.2) is 93.1 Å². The third kappa shape index (κ3) is 14.0. The van der Waals surface area contributed by atoms with E-state index in [0.29, 0.717) is 58.0 Å². The maximum Gasteiger partial charge on any atom is 0.178 e. The minimum absolute atomic E-state index is 0.0633. The quantitative estimate of drug-likeness (QED) is 0.0980. The second-order valence-corrected chi connectivity index (χ2v) is 32.8. The lowest BCUT2D eigenvalue weighted by Gasteiger charge is -2.35. The van der Waals surface area contributed by atoms with Gasteiger partial charge in [-0.1, -0.05) is 18.2 Å². The molecule has 0 N–H and O–H groups in total. The Morgan fingerprint density at radius 2 is 0.504 bits per heavy atom. The van der Waals surface area contributed by atoms with Gasteiger partial charge in [-0.25, -0.2) is 79.7 Å². The van der Waals surface area contributed by atoms with Crippen molar-refractivity contribution in [2.75, 3.05) is 105 Å². The van der Waals surface area contributed by atoms with Crippen molar-refractivity contribution in [2.24, 2.45) is 0 Å². The van der Waals surface area contributed by atoms with Gasteiger partial charge >= 0.3 is 0 Å². The van der Waals surface area contributed by atoms with E-state index in [1.54, 1.807) is 121 Å². The van der Waals surface area contributed by atoms with Crippen LogP contribution in [0.15, 0.2) is 166 Å². The monoisotopic (exact) mass is 1730 g/mol. The molecule has 4 aromatic carbocycles. The van der Waals surface area contributed by atoms with Crippen LogP contribution in [-0.4, -0.2) is 180 Å². The van der Waals surface area contributed by atoms with Crippen LogP contribution in [-0.2, 0) is 0 Å². The van der Waals surface area contributed by atoms with Crippen molar-refractivity contribution in [1.29, 1.82) is 0 Å². The van der Waals surface area contributed by atoms with Crippen molar-refractivity contribution in [3.8, 4) is 0 Å². The molecule has 127 heavy (non-hydrogen) atoms. The summed E-state index contributed by atoms with van der Waals surface area (Å²) in [6, 6.07) is 17.3. The first-order chi connectivity index (χ1) is 68.1. The summed E-state index contributed by atoms with van der Waals surface area (Å²) in [7, 11) is 4.13. The molecule has 16 heterocycles. The van der Waals surface area contributed by atoms with E-state index in [1.807, 2.05) is 36.9 Å². The Balaban J connectivity index is 0.000000134. The van der Waals surface area contributed by atoms with E-state index in [9.17, 15) is 0 Å². The molecule has 0 radical (unpaired) electrons. The number of aryl methyl sites for hydroxylation is 1. The molecular weight excluding hydrogens is 1590 g/mol. The Bertz CT molecular complexity index is 6690. The predicted octanol–water partition coefficient (Wildman–Crippen LogP) is 18.0. The third-order valence-corrected chi connectivity index (χ3v) is 25.1. The van der Waals surface area contributed by atoms with E-state index in [-0.39, 0.29) is 47.9 Å². The zero-order chi connectivity index (χ0) is 105. The van der Waals surface area contributed by atoms with Gasteiger partial charge < -0.3 is 78.4 Å². The van der Waals surface area contributed by atoms with Crippen molar-refractivity contribution < 1.29 is 24.7 Å². The highest BCUT2D eigenvalue weighted by atomic mass is 15.5. The van der Waals surface area contributed by atoms with Crippen molar-refractivity contribution in [1.82, 2.24) is 79.7 Å². The molecule has 0 amide bonds. The van der Waals surface area contributed by atoms with Gasteiger partial charge in [-0.05, 0) is 235 Å². The molecule has 8 aliphatic heterocycles. The SMILES string of the molecule is Cc1c(N2c3nccnc3N(C(C)C)[C@@H]2C)cccc1N1c2nccnc2N(C(C)C)[C@H]1C.Cc1cc(N2c3nccnc3N(C)[C@H]2C)c(C)c(N2c3nccnc3N(C)[C@@H]2C)c1.[2H]C([2H])(C)N1c2nccnc2N(c2cccc(N3c4nccnc4N(C([2H])([2H])C([2H])([2H])[2H])[C@H]3C)c2C)[C@H]1C.[2H]C([2H])([2H])C([2H])(C)N1c2nccnc2N(c2cccc(N3c4nccnc4N(C([2H])(C([2H])([2H])[2H])C([2H])([2H])[2H])[C@H]3C)c2C)[C@H]1C. The highest BCUT2D eigenvalue weighted by Crippen LogP contribution is 2.54. The molecule has 8 aromatic heterocycles. The first-order valence-electron chi connectivity index (χ1n) is 51.5. The van der Waals surface area contributed by atoms with Crippen molar-refractivity contribution in [3.63, 3.8) is 0 Å². The number of hydrogen-bond acceptors (Lipinski definition) is 32. The Morgan fingerprint density at radius 1 is 0.283 bits per heavy atom. The summed E-state index contributed by atoms with van der Waals surface area (Å²) in [5.74, 6) is 9.35. The molecule has 20 rings (SSSR count). The molecule has 0 bridgehead atoms. The molecular formula is C95H118N32. The average molecular weight is 1730 g/mol. The van der Waals surface area contributed by atoms with Crippen LogP contribution in [0.3, 0.4) is 0 Å². The second kappa shape index (κ2) is 34.0. The van der Waals surface area contributed by atoms with Gasteiger partial charge in [0.2, 0.25) is 0 Å². The van der Waals surface area contributed by atoms with Crippen molar-refractivity contribution in [3.05, 3.63) is 194 Å². The zero-order valence-electron chi connectivity index (χ0n) is 93.2. The molecule has 12 aromatic rings. The molecule has 0 saturated carbocycles. The Kier molecular flexibility index (Phi) is 17.6. The van der Waals surface area contributed by atoms with Crippen LogP contribution in [0, 0.1) is 34.6 Å². The Labute approximate surface area is 771 Å².